The lowest BCUT2D eigenvalue weighted by Crippen LogP contribution is -2.24. The zero-order valence-corrected chi connectivity index (χ0v) is 21.7. The fourth-order valence-electron chi connectivity index (χ4n) is 3.28. The van der Waals surface area contributed by atoms with Crippen molar-refractivity contribution in [2.45, 2.75) is 69.1 Å². The van der Waals surface area contributed by atoms with Gasteiger partial charge >= 0.3 is 5.97 Å². The van der Waals surface area contributed by atoms with Crippen LogP contribution in [0.1, 0.15) is 65.2 Å². The van der Waals surface area contributed by atoms with Crippen LogP contribution in [0.3, 0.4) is 0 Å². The SMILES string of the molecule is COC1=C(C)C(=O)C(CI)=C(/C=C(\CCCCCCCCC(C)I)C(=O)O)C1=O. The number of alkyl halides is 2. The van der Waals surface area contributed by atoms with Crippen LogP contribution in [0.2, 0.25) is 0 Å². The number of carboxylic acid groups (broad SMARTS) is 1. The summed E-state index contributed by atoms with van der Waals surface area (Å²) in [6.45, 7) is 3.78. The number of methoxy groups -OCH3 is 1. The number of Topliss-reactive ketones (excluding diaryl/α,β-unsaturated/α-hetero) is 2. The van der Waals surface area contributed by atoms with E-state index in [-0.39, 0.29) is 28.3 Å². The van der Waals surface area contributed by atoms with Gasteiger partial charge in [-0.3, -0.25) is 9.59 Å². The van der Waals surface area contributed by atoms with Crippen LogP contribution in [-0.2, 0) is 19.1 Å². The highest BCUT2D eigenvalue weighted by Gasteiger charge is 2.32. The van der Waals surface area contributed by atoms with Crippen molar-refractivity contribution in [3.63, 3.8) is 0 Å². The Kier molecular flexibility index (Phi) is 12.3. The zero-order chi connectivity index (χ0) is 22.0. The zero-order valence-electron chi connectivity index (χ0n) is 17.4. The number of carboxylic acids is 1. The van der Waals surface area contributed by atoms with Crippen LogP contribution in [0.4, 0.5) is 0 Å². The number of carbonyl (C=O) groups excluding carboxylic acids is 2. The first kappa shape index (κ1) is 26.3. The lowest BCUT2D eigenvalue weighted by Gasteiger charge is -2.19. The number of hydrogen-bond donors (Lipinski definition) is 1. The van der Waals surface area contributed by atoms with Gasteiger partial charge in [0.15, 0.2) is 11.5 Å². The monoisotopic (exact) mass is 628 g/mol. The summed E-state index contributed by atoms with van der Waals surface area (Å²) in [7, 11) is 1.35. The molecule has 0 radical (unpaired) electrons. The van der Waals surface area contributed by atoms with Gasteiger partial charge in [0, 0.05) is 30.6 Å². The molecule has 0 aromatic heterocycles. The van der Waals surface area contributed by atoms with E-state index in [1.165, 1.54) is 32.4 Å². The summed E-state index contributed by atoms with van der Waals surface area (Å²) in [6, 6.07) is 0. The Morgan fingerprint density at radius 3 is 2.21 bits per heavy atom. The summed E-state index contributed by atoms with van der Waals surface area (Å²) in [5.74, 6) is -1.72. The van der Waals surface area contributed by atoms with Gasteiger partial charge in [-0.15, -0.1) is 0 Å². The molecule has 0 aliphatic heterocycles. The number of carbonyl (C=O) groups is 3. The maximum absolute atomic E-state index is 12.7. The van der Waals surface area contributed by atoms with E-state index in [4.69, 9.17) is 4.74 Å². The number of halogens is 2. The molecule has 1 atom stereocenters. The Labute approximate surface area is 200 Å². The van der Waals surface area contributed by atoms with Crippen molar-refractivity contribution in [3.8, 4) is 0 Å². The molecular weight excluding hydrogens is 598 g/mol. The van der Waals surface area contributed by atoms with Crippen LogP contribution >= 0.6 is 45.2 Å². The molecule has 1 N–H and O–H groups in total. The highest BCUT2D eigenvalue weighted by atomic mass is 127. The molecule has 7 heteroatoms. The lowest BCUT2D eigenvalue weighted by molar-refractivity contribution is -0.132. The lowest BCUT2D eigenvalue weighted by atomic mass is 9.88. The molecule has 0 heterocycles. The smallest absolute Gasteiger partial charge is 0.331 e. The van der Waals surface area contributed by atoms with E-state index in [0.717, 1.165) is 25.7 Å². The highest BCUT2D eigenvalue weighted by molar-refractivity contribution is 14.1. The summed E-state index contributed by atoms with van der Waals surface area (Å²) >= 11 is 4.47. The average molecular weight is 628 g/mol. The van der Waals surface area contributed by atoms with Crippen molar-refractivity contribution in [1.29, 1.82) is 0 Å². The predicted octanol–water partition coefficient (Wildman–Crippen LogP) is 5.75. The van der Waals surface area contributed by atoms with Crippen molar-refractivity contribution in [2.24, 2.45) is 0 Å². The van der Waals surface area contributed by atoms with Crippen molar-refractivity contribution in [3.05, 3.63) is 34.1 Å². The van der Waals surface area contributed by atoms with Crippen LogP contribution < -0.4 is 0 Å². The minimum atomic E-state index is -1.05. The second-order valence-electron chi connectivity index (χ2n) is 7.26. The Balaban J connectivity index is 2.77. The van der Waals surface area contributed by atoms with Gasteiger partial charge in [0.05, 0.1) is 7.11 Å². The first-order chi connectivity index (χ1) is 13.7. The highest BCUT2D eigenvalue weighted by Crippen LogP contribution is 2.28. The number of hydrogen-bond acceptors (Lipinski definition) is 4. The van der Waals surface area contributed by atoms with Crippen LogP contribution in [0.25, 0.3) is 0 Å². The topological polar surface area (TPSA) is 80.7 Å². The Morgan fingerprint density at radius 2 is 1.69 bits per heavy atom. The van der Waals surface area contributed by atoms with E-state index in [1.54, 1.807) is 6.92 Å². The largest absolute Gasteiger partial charge is 0.492 e. The van der Waals surface area contributed by atoms with Crippen LogP contribution in [0, 0.1) is 0 Å². The molecule has 1 aliphatic carbocycles. The van der Waals surface area contributed by atoms with E-state index in [9.17, 15) is 19.5 Å². The Morgan fingerprint density at radius 1 is 1.10 bits per heavy atom. The Bertz CT molecular complexity index is 717. The minimum Gasteiger partial charge on any atom is -0.492 e. The van der Waals surface area contributed by atoms with Crippen molar-refractivity contribution < 1.29 is 24.2 Å². The van der Waals surface area contributed by atoms with Gasteiger partial charge in [0.2, 0.25) is 5.78 Å². The van der Waals surface area contributed by atoms with Crippen molar-refractivity contribution >= 4 is 62.7 Å². The molecule has 0 bridgehead atoms. The maximum atomic E-state index is 12.7. The first-order valence-corrected chi connectivity index (χ1v) is 12.7. The summed E-state index contributed by atoms with van der Waals surface area (Å²) in [5.41, 5.74) is 0.932. The molecule has 5 nitrogen and oxygen atoms in total. The van der Waals surface area contributed by atoms with Crippen LogP contribution in [0.5, 0.6) is 0 Å². The number of ketones is 2. The Hall–Kier alpha value is -0.710. The summed E-state index contributed by atoms with van der Waals surface area (Å²) in [5, 5.41) is 9.58. The number of unbranched alkanes of at least 4 members (excludes halogenated alkanes) is 5. The van der Waals surface area contributed by atoms with E-state index >= 15 is 0 Å². The molecule has 0 spiro atoms. The van der Waals surface area contributed by atoms with Gasteiger partial charge in [0.1, 0.15) is 0 Å². The third kappa shape index (κ3) is 8.15. The summed E-state index contributed by atoms with van der Waals surface area (Å²) in [6.07, 6.45) is 9.40. The molecule has 0 amide bonds. The molecule has 0 saturated carbocycles. The van der Waals surface area contributed by atoms with E-state index in [0.29, 0.717) is 20.3 Å². The van der Waals surface area contributed by atoms with E-state index in [2.05, 4.69) is 29.5 Å². The normalized spacial score (nSPS) is 16.5. The molecule has 1 rings (SSSR count). The quantitative estimate of drug-likeness (QED) is 0.0925. The molecule has 0 saturated heterocycles. The van der Waals surface area contributed by atoms with E-state index in [1.807, 2.05) is 22.6 Å². The third-order valence-corrected chi connectivity index (χ3v) is 6.35. The van der Waals surface area contributed by atoms with Crippen molar-refractivity contribution in [2.75, 3.05) is 11.5 Å². The van der Waals surface area contributed by atoms with Gasteiger partial charge in [-0.1, -0.05) is 84.2 Å². The minimum absolute atomic E-state index is 0.000380. The molecule has 0 fully saturated rings. The van der Waals surface area contributed by atoms with E-state index < -0.39 is 11.8 Å². The van der Waals surface area contributed by atoms with Gasteiger partial charge in [0.25, 0.3) is 0 Å². The van der Waals surface area contributed by atoms with Crippen LogP contribution in [0.15, 0.2) is 34.1 Å². The molecular formula is C22H30I2O5. The van der Waals surface area contributed by atoms with Crippen LogP contribution in [-0.4, -0.2) is 38.1 Å². The fourth-order valence-corrected chi connectivity index (χ4v) is 4.47. The molecule has 162 valence electrons. The maximum Gasteiger partial charge on any atom is 0.331 e. The number of ether oxygens (including phenoxy) is 1. The molecule has 0 aromatic carbocycles. The standard InChI is InChI=1S/C22H30I2O5/c1-14(24)10-8-6-4-5-7-9-11-16(22(27)28)12-17-18(13-23)19(25)15(2)21(29-3)20(17)26/h12,14H,4-11,13H2,1-3H3,(H,27,28)/b16-12+. The number of aliphatic carboxylic acids is 1. The van der Waals surface area contributed by atoms with Crippen molar-refractivity contribution in [1.82, 2.24) is 0 Å². The molecule has 29 heavy (non-hydrogen) atoms. The predicted molar refractivity (Wildman–Crippen MR) is 132 cm³/mol. The summed E-state index contributed by atoms with van der Waals surface area (Å²) < 4.78 is 6.16. The van der Waals surface area contributed by atoms with Gasteiger partial charge in [-0.25, -0.2) is 4.79 Å². The van der Waals surface area contributed by atoms with Gasteiger partial charge in [-0.05, 0) is 32.3 Å². The second kappa shape index (κ2) is 13.6. The second-order valence-corrected chi connectivity index (χ2v) is 10.1. The fraction of sp³-hybridized carbons (Fsp3) is 0.591. The van der Waals surface area contributed by atoms with Gasteiger partial charge in [-0.2, -0.15) is 0 Å². The first-order valence-electron chi connectivity index (χ1n) is 9.95. The summed E-state index contributed by atoms with van der Waals surface area (Å²) in [4.78, 5) is 37.0. The molecule has 1 unspecified atom stereocenters. The number of rotatable bonds is 13. The van der Waals surface area contributed by atoms with Gasteiger partial charge < -0.3 is 9.84 Å². The average Bonchev–Trinajstić information content (AvgIpc) is 2.66. The number of allylic oxidation sites excluding steroid dienone is 4. The molecule has 0 aromatic rings. The third-order valence-electron chi connectivity index (χ3n) is 4.96. The molecule has 1 aliphatic rings.